The van der Waals surface area contributed by atoms with Gasteiger partial charge in [0.15, 0.2) is 8.32 Å². The highest BCUT2D eigenvalue weighted by Crippen LogP contribution is 2.37. The summed E-state index contributed by atoms with van der Waals surface area (Å²) in [6.07, 6.45) is 1.03. The van der Waals surface area contributed by atoms with Crippen molar-refractivity contribution in [1.82, 2.24) is 4.90 Å². The largest absolute Gasteiger partial charge is 0.443 e. The first-order valence-corrected chi connectivity index (χ1v) is 11.3. The summed E-state index contributed by atoms with van der Waals surface area (Å²) in [4.78, 5) is 26.0. The second-order valence-corrected chi connectivity index (χ2v) is 13.7. The van der Waals surface area contributed by atoms with E-state index in [0.717, 1.165) is 12.8 Å². The van der Waals surface area contributed by atoms with Gasteiger partial charge in [0.2, 0.25) is 5.91 Å². The zero-order chi connectivity index (χ0) is 18.1. The highest BCUT2D eigenvalue weighted by molar-refractivity contribution is 6.74. The summed E-state index contributed by atoms with van der Waals surface area (Å²) in [7, 11) is -1.89. The molecule has 5 nitrogen and oxygen atoms in total. The molecule has 134 valence electrons. The van der Waals surface area contributed by atoms with Gasteiger partial charge < -0.3 is 9.16 Å². The molecule has 1 rings (SSSR count). The molecule has 0 bridgehead atoms. The van der Waals surface area contributed by atoms with E-state index in [2.05, 4.69) is 33.9 Å². The lowest BCUT2D eigenvalue weighted by Gasteiger charge is -2.38. The lowest BCUT2D eigenvalue weighted by Crippen LogP contribution is -2.49. The fraction of sp³-hybridized carbons (Fsp3) is 0.882. The number of ether oxygens (including phenoxy) is 1. The van der Waals surface area contributed by atoms with E-state index in [4.69, 9.17) is 9.16 Å². The summed E-state index contributed by atoms with van der Waals surface area (Å²) in [6, 6.07) is 0. The van der Waals surface area contributed by atoms with E-state index < -0.39 is 20.0 Å². The van der Waals surface area contributed by atoms with Crippen LogP contribution < -0.4 is 0 Å². The zero-order valence-corrected chi connectivity index (χ0v) is 17.0. The van der Waals surface area contributed by atoms with Crippen LogP contribution in [-0.2, 0) is 14.0 Å². The minimum absolute atomic E-state index is 0.107. The highest BCUT2D eigenvalue weighted by Gasteiger charge is 2.40. The summed E-state index contributed by atoms with van der Waals surface area (Å²) in [5.41, 5.74) is -0.595. The number of carbonyl (C=O) groups is 2. The van der Waals surface area contributed by atoms with Crippen LogP contribution in [0, 0.1) is 5.92 Å². The van der Waals surface area contributed by atoms with E-state index >= 15 is 0 Å². The molecule has 1 aliphatic rings. The van der Waals surface area contributed by atoms with Gasteiger partial charge in [0.25, 0.3) is 0 Å². The van der Waals surface area contributed by atoms with Crippen LogP contribution in [0.3, 0.4) is 0 Å². The van der Waals surface area contributed by atoms with Gasteiger partial charge in [-0.3, -0.25) is 4.79 Å². The Hall–Kier alpha value is -0.883. The molecule has 0 N–H and O–H groups in total. The van der Waals surface area contributed by atoms with Crippen molar-refractivity contribution >= 4 is 20.3 Å². The Bertz CT molecular complexity index is 448. The molecule has 0 aromatic heterocycles. The molecule has 1 fully saturated rings. The van der Waals surface area contributed by atoms with Crippen LogP contribution in [-0.4, -0.2) is 44.0 Å². The Morgan fingerprint density at radius 1 is 1.22 bits per heavy atom. The van der Waals surface area contributed by atoms with Crippen molar-refractivity contribution in [2.24, 2.45) is 5.92 Å². The maximum Gasteiger partial charge on any atom is 0.417 e. The molecule has 0 radical (unpaired) electrons. The van der Waals surface area contributed by atoms with E-state index in [1.165, 1.54) is 4.90 Å². The molecular weight excluding hydrogens is 310 g/mol. The lowest BCUT2D eigenvalue weighted by molar-refractivity contribution is -0.138. The number of hydrogen-bond acceptors (Lipinski definition) is 4. The number of rotatable bonds is 3. The van der Waals surface area contributed by atoms with Crippen LogP contribution in [0.4, 0.5) is 4.79 Å². The van der Waals surface area contributed by atoms with Crippen molar-refractivity contribution in [1.29, 1.82) is 0 Å². The van der Waals surface area contributed by atoms with Crippen molar-refractivity contribution in [2.45, 2.75) is 78.1 Å². The monoisotopic (exact) mass is 343 g/mol. The van der Waals surface area contributed by atoms with Crippen molar-refractivity contribution in [2.75, 3.05) is 13.2 Å². The van der Waals surface area contributed by atoms with Crippen molar-refractivity contribution in [3.05, 3.63) is 0 Å². The second-order valence-electron chi connectivity index (χ2n) is 8.88. The van der Waals surface area contributed by atoms with E-state index in [1.807, 2.05) is 0 Å². The normalized spacial score (nSPS) is 20.6. The van der Waals surface area contributed by atoms with Gasteiger partial charge in [-0.15, -0.1) is 0 Å². The third-order valence-electron chi connectivity index (χ3n) is 4.62. The van der Waals surface area contributed by atoms with Crippen LogP contribution in [0.2, 0.25) is 18.1 Å². The van der Waals surface area contributed by atoms with Crippen LogP contribution in [0.25, 0.3) is 0 Å². The predicted octanol–water partition coefficient (Wildman–Crippen LogP) is 4.18. The number of carbonyl (C=O) groups excluding carboxylic acids is 2. The number of piperidine rings is 1. The third kappa shape index (κ3) is 5.60. The molecule has 6 heteroatoms. The van der Waals surface area contributed by atoms with Crippen molar-refractivity contribution < 1.29 is 18.8 Å². The van der Waals surface area contributed by atoms with E-state index in [1.54, 1.807) is 20.8 Å². The summed E-state index contributed by atoms with van der Waals surface area (Å²) in [6.45, 7) is 17.1. The van der Waals surface area contributed by atoms with Crippen LogP contribution >= 0.6 is 0 Å². The van der Waals surface area contributed by atoms with Crippen LogP contribution in [0.5, 0.6) is 0 Å². The zero-order valence-electron chi connectivity index (χ0n) is 16.0. The molecule has 0 saturated carbocycles. The molecule has 1 heterocycles. The van der Waals surface area contributed by atoms with Gasteiger partial charge in [-0.2, -0.15) is 0 Å². The van der Waals surface area contributed by atoms with Crippen LogP contribution in [0.15, 0.2) is 0 Å². The van der Waals surface area contributed by atoms with E-state index in [0.29, 0.717) is 13.2 Å². The summed E-state index contributed by atoms with van der Waals surface area (Å²) >= 11 is 0. The van der Waals surface area contributed by atoms with Crippen molar-refractivity contribution in [3.63, 3.8) is 0 Å². The molecule has 1 atom stereocenters. The molecule has 2 amide bonds. The summed E-state index contributed by atoms with van der Waals surface area (Å²) < 4.78 is 11.5. The summed E-state index contributed by atoms with van der Waals surface area (Å²) in [5, 5.41) is 0.107. The van der Waals surface area contributed by atoms with Gasteiger partial charge in [-0.25, -0.2) is 9.69 Å². The maximum atomic E-state index is 12.6. The highest BCUT2D eigenvalue weighted by atomic mass is 28.4. The average molecular weight is 344 g/mol. The first-order valence-electron chi connectivity index (χ1n) is 8.43. The standard InChI is InChI=1S/C17H33NO4Si/c1-16(2,3)22-15(20)18-11-9-10-13(14(18)19)12-21-23(7,8)17(4,5)6/h13H,9-12H2,1-8H3. The minimum Gasteiger partial charge on any atom is -0.443 e. The number of hydrogen-bond donors (Lipinski definition) is 0. The number of likely N-dealkylation sites (tertiary alicyclic amines) is 1. The third-order valence-corrected chi connectivity index (χ3v) is 9.12. The number of nitrogens with zero attached hydrogens (tertiary/aromatic N) is 1. The van der Waals surface area contributed by atoms with E-state index in [9.17, 15) is 9.59 Å². The molecule has 0 aliphatic carbocycles. The fourth-order valence-electron chi connectivity index (χ4n) is 2.13. The quantitative estimate of drug-likeness (QED) is 0.721. The molecule has 1 saturated heterocycles. The smallest absolute Gasteiger partial charge is 0.417 e. The topological polar surface area (TPSA) is 55.8 Å². The number of imide groups is 1. The molecule has 0 spiro atoms. The predicted molar refractivity (Wildman–Crippen MR) is 93.8 cm³/mol. The lowest BCUT2D eigenvalue weighted by atomic mass is 9.98. The molecule has 0 aromatic carbocycles. The SMILES string of the molecule is CC(C)(C)OC(=O)N1CCCC(CO[Si](C)(C)C(C)(C)C)C1=O. The van der Waals surface area contributed by atoms with Gasteiger partial charge in [-0.05, 0) is 51.7 Å². The van der Waals surface area contributed by atoms with Crippen LogP contribution in [0.1, 0.15) is 54.4 Å². The van der Waals surface area contributed by atoms with Gasteiger partial charge >= 0.3 is 6.09 Å². The van der Waals surface area contributed by atoms with Gasteiger partial charge in [0.05, 0.1) is 5.92 Å². The Morgan fingerprint density at radius 2 is 1.78 bits per heavy atom. The Kier molecular flexibility index (Phi) is 6.07. The maximum absolute atomic E-state index is 12.6. The Balaban J connectivity index is 2.69. The molecule has 23 heavy (non-hydrogen) atoms. The molecule has 0 aromatic rings. The van der Waals surface area contributed by atoms with Gasteiger partial charge in [-0.1, -0.05) is 20.8 Å². The molecule has 1 aliphatic heterocycles. The first-order chi connectivity index (χ1) is 10.2. The minimum atomic E-state index is -1.89. The van der Waals surface area contributed by atoms with Crippen molar-refractivity contribution in [3.8, 4) is 0 Å². The molecule has 1 unspecified atom stereocenters. The molecular formula is C17H33NO4Si. The van der Waals surface area contributed by atoms with Gasteiger partial charge in [0, 0.05) is 13.2 Å². The Labute approximate surface area is 141 Å². The fourth-order valence-corrected chi connectivity index (χ4v) is 3.18. The van der Waals surface area contributed by atoms with E-state index in [-0.39, 0.29) is 16.9 Å². The first kappa shape index (κ1) is 20.2. The average Bonchev–Trinajstić information content (AvgIpc) is 2.34. The number of amides is 2. The van der Waals surface area contributed by atoms with Gasteiger partial charge in [0.1, 0.15) is 5.60 Å². The summed E-state index contributed by atoms with van der Waals surface area (Å²) in [5.74, 6) is -0.408. The Morgan fingerprint density at radius 3 is 2.26 bits per heavy atom. The second kappa shape index (κ2) is 6.93.